The number of carboxylic acid groups (broad SMARTS) is 1. The Morgan fingerprint density at radius 3 is 1.84 bits per heavy atom. The van der Waals surface area contributed by atoms with Gasteiger partial charge in [0.05, 0.1) is 18.2 Å². The summed E-state index contributed by atoms with van der Waals surface area (Å²) in [5, 5.41) is 34.3. The van der Waals surface area contributed by atoms with Crippen LogP contribution in [0.15, 0.2) is 60.7 Å². The van der Waals surface area contributed by atoms with Crippen LogP contribution in [0.4, 0.5) is 4.79 Å². The van der Waals surface area contributed by atoms with Crippen molar-refractivity contribution in [3.63, 3.8) is 0 Å². The first-order chi connectivity index (χ1) is 15.1. The first-order valence-corrected chi connectivity index (χ1v) is 11.0. The van der Waals surface area contributed by atoms with E-state index in [2.05, 4.69) is 5.32 Å². The third-order valence-corrected chi connectivity index (χ3v) is 5.51. The van der Waals surface area contributed by atoms with Gasteiger partial charge in [0.1, 0.15) is 0 Å². The molecule has 0 aromatic heterocycles. The molecule has 0 radical (unpaired) electrons. The van der Waals surface area contributed by atoms with E-state index in [1.165, 1.54) is 4.90 Å². The molecule has 2 rings (SSSR count). The number of hydrogen-bond acceptors (Lipinski definition) is 5. The van der Waals surface area contributed by atoms with Gasteiger partial charge in [-0.1, -0.05) is 60.7 Å². The minimum Gasteiger partial charge on any atom is -0.465 e. The number of hydrogen-bond donors (Lipinski definition) is 5. The molecule has 7 nitrogen and oxygen atoms in total. The molecule has 0 bridgehead atoms. The van der Waals surface area contributed by atoms with Crippen molar-refractivity contribution in [3.05, 3.63) is 71.8 Å². The van der Waals surface area contributed by atoms with Crippen LogP contribution in [0.25, 0.3) is 0 Å². The molecule has 32 heavy (non-hydrogen) atoms. The molecule has 0 spiro atoms. The standard InChI is InChI=1S/C25H37N3O4/c1-25(2,3)28(24(31)32)21(15-19-12-8-5-9-13-19)23(30)17-27-16-22(29)20(26)14-18-10-6-4-7-11-18/h4-13,20-23,27,29-30H,14-17,26H2,1-3H3,(H,31,32)/t20-,21-,22+,23+/m0/s1. The van der Waals surface area contributed by atoms with Crippen molar-refractivity contribution < 1.29 is 20.1 Å². The van der Waals surface area contributed by atoms with Crippen LogP contribution < -0.4 is 11.1 Å². The number of nitrogens with zero attached hydrogens (tertiary/aromatic N) is 1. The number of rotatable bonds is 11. The van der Waals surface area contributed by atoms with Gasteiger partial charge in [-0.2, -0.15) is 0 Å². The molecule has 0 heterocycles. The van der Waals surface area contributed by atoms with E-state index in [0.29, 0.717) is 12.8 Å². The van der Waals surface area contributed by atoms with Gasteiger partial charge in [-0.15, -0.1) is 0 Å². The summed E-state index contributed by atoms with van der Waals surface area (Å²) in [5.41, 5.74) is 7.43. The van der Waals surface area contributed by atoms with E-state index < -0.39 is 35.9 Å². The van der Waals surface area contributed by atoms with E-state index in [0.717, 1.165) is 11.1 Å². The number of nitrogens with two attached hydrogens (primary N) is 1. The second-order valence-corrected chi connectivity index (χ2v) is 9.23. The lowest BCUT2D eigenvalue weighted by Gasteiger charge is -2.42. The Morgan fingerprint density at radius 1 is 0.906 bits per heavy atom. The first kappa shape index (κ1) is 25.8. The minimum atomic E-state index is -1.08. The zero-order chi connectivity index (χ0) is 23.7. The zero-order valence-corrected chi connectivity index (χ0v) is 19.2. The van der Waals surface area contributed by atoms with Crippen molar-refractivity contribution in [2.75, 3.05) is 13.1 Å². The quantitative estimate of drug-likeness (QED) is 0.363. The molecular weight excluding hydrogens is 406 g/mol. The summed E-state index contributed by atoms with van der Waals surface area (Å²) in [6, 6.07) is 18.1. The number of aliphatic hydroxyl groups excluding tert-OH is 2. The molecule has 176 valence electrons. The van der Waals surface area contributed by atoms with Gasteiger partial charge in [0.15, 0.2) is 0 Å². The maximum Gasteiger partial charge on any atom is 0.408 e. The molecule has 1 amide bonds. The number of carbonyl (C=O) groups is 1. The predicted octanol–water partition coefficient (Wildman–Crippen LogP) is 2.26. The van der Waals surface area contributed by atoms with Crippen LogP contribution in [0.5, 0.6) is 0 Å². The lowest BCUT2D eigenvalue weighted by Crippen LogP contribution is -2.58. The van der Waals surface area contributed by atoms with Crippen molar-refractivity contribution in [2.45, 2.75) is 63.4 Å². The zero-order valence-electron chi connectivity index (χ0n) is 19.2. The number of amides is 1. The first-order valence-electron chi connectivity index (χ1n) is 11.0. The summed E-state index contributed by atoms with van der Waals surface area (Å²) in [4.78, 5) is 13.4. The fraction of sp³-hybridized carbons (Fsp3) is 0.480. The normalized spacial score (nSPS) is 15.6. The Hall–Kier alpha value is -2.45. The van der Waals surface area contributed by atoms with Gasteiger partial charge in [0, 0.05) is 24.7 Å². The van der Waals surface area contributed by atoms with E-state index in [4.69, 9.17) is 5.73 Å². The summed E-state index contributed by atoms with van der Waals surface area (Å²) in [6.45, 7) is 5.76. The van der Waals surface area contributed by atoms with Crippen molar-refractivity contribution in [1.29, 1.82) is 0 Å². The molecule has 6 N–H and O–H groups in total. The second-order valence-electron chi connectivity index (χ2n) is 9.23. The number of nitrogens with one attached hydrogen (secondary N) is 1. The van der Waals surface area contributed by atoms with Gasteiger partial charge < -0.3 is 26.4 Å². The van der Waals surface area contributed by atoms with E-state index in [1.54, 1.807) is 0 Å². The molecule has 0 saturated carbocycles. The summed E-state index contributed by atoms with van der Waals surface area (Å²) in [5.74, 6) is 0. The Kier molecular flexibility index (Phi) is 9.65. The molecule has 0 unspecified atom stereocenters. The van der Waals surface area contributed by atoms with Gasteiger partial charge in [0.2, 0.25) is 0 Å². The van der Waals surface area contributed by atoms with Crippen LogP contribution in [-0.2, 0) is 12.8 Å². The topological polar surface area (TPSA) is 119 Å². The molecule has 4 atom stereocenters. The van der Waals surface area contributed by atoms with E-state index in [1.807, 2.05) is 81.4 Å². The summed E-state index contributed by atoms with van der Waals surface area (Å²) < 4.78 is 0. The maximum atomic E-state index is 12.1. The minimum absolute atomic E-state index is 0.131. The molecule has 2 aromatic rings. The van der Waals surface area contributed by atoms with Crippen LogP contribution in [0.2, 0.25) is 0 Å². The molecule has 7 heteroatoms. The van der Waals surface area contributed by atoms with Crippen molar-refractivity contribution in [2.24, 2.45) is 5.73 Å². The fourth-order valence-electron chi connectivity index (χ4n) is 3.87. The largest absolute Gasteiger partial charge is 0.465 e. The second kappa shape index (κ2) is 12.0. The average molecular weight is 444 g/mol. The molecule has 0 saturated heterocycles. The highest BCUT2D eigenvalue weighted by atomic mass is 16.4. The van der Waals surface area contributed by atoms with Crippen LogP contribution in [-0.4, -0.2) is 69.2 Å². The molecule has 0 fully saturated rings. The highest BCUT2D eigenvalue weighted by molar-refractivity contribution is 5.66. The third-order valence-electron chi connectivity index (χ3n) is 5.51. The molecular formula is C25H37N3O4. The molecule has 0 aliphatic carbocycles. The van der Waals surface area contributed by atoms with E-state index >= 15 is 0 Å². The number of benzene rings is 2. The lowest BCUT2D eigenvalue weighted by molar-refractivity contribution is 0.00650. The summed E-state index contributed by atoms with van der Waals surface area (Å²) in [6.07, 6.45) is -1.93. The van der Waals surface area contributed by atoms with Gasteiger partial charge >= 0.3 is 6.09 Å². The Labute approximate surface area is 190 Å². The van der Waals surface area contributed by atoms with Crippen molar-refractivity contribution >= 4 is 6.09 Å². The monoisotopic (exact) mass is 443 g/mol. The maximum absolute atomic E-state index is 12.1. The van der Waals surface area contributed by atoms with Crippen LogP contribution >= 0.6 is 0 Å². The van der Waals surface area contributed by atoms with E-state index in [9.17, 15) is 20.1 Å². The smallest absolute Gasteiger partial charge is 0.408 e. The van der Waals surface area contributed by atoms with Gasteiger partial charge in [-0.05, 0) is 44.7 Å². The molecule has 2 aromatic carbocycles. The predicted molar refractivity (Wildman–Crippen MR) is 127 cm³/mol. The highest BCUT2D eigenvalue weighted by Crippen LogP contribution is 2.22. The third kappa shape index (κ3) is 7.91. The summed E-state index contributed by atoms with van der Waals surface area (Å²) >= 11 is 0. The van der Waals surface area contributed by atoms with E-state index in [-0.39, 0.29) is 13.1 Å². The van der Waals surface area contributed by atoms with Gasteiger partial charge in [-0.25, -0.2) is 4.79 Å². The van der Waals surface area contributed by atoms with Crippen LogP contribution in [0, 0.1) is 0 Å². The van der Waals surface area contributed by atoms with Crippen molar-refractivity contribution in [3.8, 4) is 0 Å². The van der Waals surface area contributed by atoms with Crippen LogP contribution in [0.1, 0.15) is 31.9 Å². The Balaban J connectivity index is 2.00. The van der Waals surface area contributed by atoms with Gasteiger partial charge in [-0.3, -0.25) is 4.90 Å². The van der Waals surface area contributed by atoms with Crippen LogP contribution in [0.3, 0.4) is 0 Å². The Morgan fingerprint density at radius 2 is 1.38 bits per heavy atom. The fourth-order valence-corrected chi connectivity index (χ4v) is 3.87. The summed E-state index contributed by atoms with van der Waals surface area (Å²) in [7, 11) is 0. The van der Waals surface area contributed by atoms with Crippen molar-refractivity contribution in [1.82, 2.24) is 10.2 Å². The number of aliphatic hydroxyl groups is 2. The highest BCUT2D eigenvalue weighted by Gasteiger charge is 2.37. The van der Waals surface area contributed by atoms with Gasteiger partial charge in [0.25, 0.3) is 0 Å². The molecule has 0 aliphatic heterocycles. The molecule has 0 aliphatic rings. The SMILES string of the molecule is CC(C)(C)N(C(=O)O)[C@@H](Cc1ccccc1)[C@H](O)CNC[C@@H](O)[C@@H](N)Cc1ccccc1. The Bertz CT molecular complexity index is 811. The average Bonchev–Trinajstić information content (AvgIpc) is 2.73. The lowest BCUT2D eigenvalue weighted by atomic mass is 9.94.